The maximum absolute atomic E-state index is 13.0. The maximum atomic E-state index is 13.0. The van der Waals surface area contributed by atoms with E-state index in [-0.39, 0.29) is 5.82 Å². The van der Waals surface area contributed by atoms with Crippen LogP contribution in [0.15, 0.2) is 23.1 Å². The Morgan fingerprint density at radius 1 is 1.20 bits per heavy atom. The zero-order valence-electron chi connectivity index (χ0n) is 9.13. The van der Waals surface area contributed by atoms with Crippen LogP contribution in [0.3, 0.4) is 0 Å². The van der Waals surface area contributed by atoms with Crippen molar-refractivity contribution in [2.45, 2.75) is 37.5 Å². The molecule has 84 valence electrons. The monoisotopic (exact) mass is 227 g/mol. The van der Waals surface area contributed by atoms with Crippen molar-refractivity contribution in [3.8, 4) is 0 Å². The molecule has 0 aliphatic heterocycles. The first-order valence-electron chi connectivity index (χ1n) is 5.41. The fraction of sp³-hybridized carbons (Fsp3) is 0.500. The molecule has 0 atom stereocenters. The van der Waals surface area contributed by atoms with Crippen LogP contribution in [0.2, 0.25) is 0 Å². The smallest absolute Gasteiger partial charge is 0.126 e. The zero-order chi connectivity index (χ0) is 11.1. The van der Waals surface area contributed by atoms with Crippen LogP contribution < -0.4 is 5.73 Å². The summed E-state index contributed by atoms with van der Waals surface area (Å²) in [5.74, 6) is 0.800. The number of thioether (sulfide) groups is 1. The normalized spacial score (nSPS) is 10.5. The number of nitrogen functional groups attached to an aromatic ring is 1. The SMILES string of the molecule is CCCCCCSc1cc(N)cc(F)c1. The van der Waals surface area contributed by atoms with Crippen LogP contribution in [0.1, 0.15) is 32.6 Å². The van der Waals surface area contributed by atoms with E-state index in [2.05, 4.69) is 6.92 Å². The van der Waals surface area contributed by atoms with Gasteiger partial charge < -0.3 is 5.73 Å². The molecule has 0 aromatic heterocycles. The predicted octanol–water partition coefficient (Wildman–Crippen LogP) is 4.08. The van der Waals surface area contributed by atoms with Crippen LogP contribution in [-0.2, 0) is 0 Å². The fourth-order valence-corrected chi connectivity index (χ4v) is 2.39. The molecule has 1 aromatic rings. The van der Waals surface area contributed by atoms with Crippen molar-refractivity contribution in [1.82, 2.24) is 0 Å². The lowest BCUT2D eigenvalue weighted by atomic mass is 10.2. The minimum Gasteiger partial charge on any atom is -0.399 e. The molecule has 0 bridgehead atoms. The molecule has 0 fully saturated rings. The second kappa shape index (κ2) is 6.72. The minimum atomic E-state index is -0.244. The van der Waals surface area contributed by atoms with Gasteiger partial charge in [-0.3, -0.25) is 0 Å². The van der Waals surface area contributed by atoms with Crippen LogP contribution in [0.4, 0.5) is 10.1 Å². The highest BCUT2D eigenvalue weighted by atomic mass is 32.2. The molecule has 0 spiro atoms. The first-order chi connectivity index (χ1) is 7.22. The van der Waals surface area contributed by atoms with Gasteiger partial charge in [0.15, 0.2) is 0 Å². The van der Waals surface area contributed by atoms with Gasteiger partial charge in [0.05, 0.1) is 0 Å². The second-order valence-electron chi connectivity index (χ2n) is 3.63. The van der Waals surface area contributed by atoms with E-state index in [0.29, 0.717) is 5.69 Å². The van der Waals surface area contributed by atoms with Gasteiger partial charge in [0.25, 0.3) is 0 Å². The highest BCUT2D eigenvalue weighted by molar-refractivity contribution is 7.99. The van der Waals surface area contributed by atoms with E-state index in [9.17, 15) is 4.39 Å². The molecule has 15 heavy (non-hydrogen) atoms. The lowest BCUT2D eigenvalue weighted by Crippen LogP contribution is -1.88. The predicted molar refractivity (Wildman–Crippen MR) is 65.7 cm³/mol. The molecule has 0 aliphatic carbocycles. The third-order valence-electron chi connectivity index (χ3n) is 2.16. The Hall–Kier alpha value is -0.700. The maximum Gasteiger partial charge on any atom is 0.126 e. The summed E-state index contributed by atoms with van der Waals surface area (Å²) >= 11 is 1.68. The summed E-state index contributed by atoms with van der Waals surface area (Å²) < 4.78 is 13.0. The molecule has 0 saturated heterocycles. The summed E-state index contributed by atoms with van der Waals surface area (Å²) in [7, 11) is 0. The third-order valence-corrected chi connectivity index (χ3v) is 3.22. The quantitative estimate of drug-likeness (QED) is 0.450. The summed E-state index contributed by atoms with van der Waals surface area (Å²) in [5.41, 5.74) is 6.06. The van der Waals surface area contributed by atoms with Crippen molar-refractivity contribution in [3.63, 3.8) is 0 Å². The van der Waals surface area contributed by atoms with Gasteiger partial charge in [-0.2, -0.15) is 0 Å². The Labute approximate surface area is 95.2 Å². The van der Waals surface area contributed by atoms with E-state index >= 15 is 0 Å². The van der Waals surface area contributed by atoms with Gasteiger partial charge in [0.1, 0.15) is 5.82 Å². The Kier molecular flexibility index (Phi) is 5.54. The molecule has 2 N–H and O–H groups in total. The Balaban J connectivity index is 2.31. The van der Waals surface area contributed by atoms with Crippen LogP contribution in [0, 0.1) is 5.82 Å². The molecule has 0 radical (unpaired) electrons. The summed E-state index contributed by atoms with van der Waals surface area (Å²) in [6.45, 7) is 2.19. The number of benzene rings is 1. The molecular weight excluding hydrogens is 209 g/mol. The zero-order valence-corrected chi connectivity index (χ0v) is 9.95. The van der Waals surface area contributed by atoms with E-state index in [1.807, 2.05) is 6.07 Å². The Morgan fingerprint density at radius 3 is 2.67 bits per heavy atom. The van der Waals surface area contributed by atoms with Gasteiger partial charge >= 0.3 is 0 Å². The van der Waals surface area contributed by atoms with E-state index in [4.69, 9.17) is 5.73 Å². The number of halogens is 1. The van der Waals surface area contributed by atoms with Gasteiger partial charge in [-0.25, -0.2) is 4.39 Å². The fourth-order valence-electron chi connectivity index (χ4n) is 1.39. The standard InChI is InChI=1S/C12H18FNS/c1-2-3-4-5-6-15-12-8-10(13)7-11(14)9-12/h7-9H,2-6,14H2,1H3. The number of hydrogen-bond acceptors (Lipinski definition) is 2. The molecule has 0 amide bonds. The summed E-state index contributed by atoms with van der Waals surface area (Å²) in [6.07, 6.45) is 4.98. The van der Waals surface area contributed by atoms with E-state index in [1.165, 1.54) is 31.7 Å². The highest BCUT2D eigenvalue weighted by Gasteiger charge is 1.99. The van der Waals surface area contributed by atoms with Crippen molar-refractivity contribution in [3.05, 3.63) is 24.0 Å². The van der Waals surface area contributed by atoms with Crippen LogP contribution in [0.5, 0.6) is 0 Å². The van der Waals surface area contributed by atoms with Gasteiger partial charge in [0.2, 0.25) is 0 Å². The number of unbranched alkanes of at least 4 members (excludes halogenated alkanes) is 3. The summed E-state index contributed by atoms with van der Waals surface area (Å²) in [6, 6.07) is 4.72. The van der Waals surface area contributed by atoms with Gasteiger partial charge in [-0.15, -0.1) is 11.8 Å². The van der Waals surface area contributed by atoms with Crippen molar-refractivity contribution in [2.24, 2.45) is 0 Å². The number of anilines is 1. The molecule has 0 unspecified atom stereocenters. The van der Waals surface area contributed by atoms with Gasteiger partial charge in [-0.1, -0.05) is 26.2 Å². The van der Waals surface area contributed by atoms with Crippen LogP contribution >= 0.6 is 11.8 Å². The minimum absolute atomic E-state index is 0.244. The number of rotatable bonds is 6. The molecule has 0 saturated carbocycles. The highest BCUT2D eigenvalue weighted by Crippen LogP contribution is 2.23. The molecule has 3 heteroatoms. The summed E-state index contributed by atoms with van der Waals surface area (Å²) in [4.78, 5) is 0.934. The van der Waals surface area contributed by atoms with Gasteiger partial charge in [-0.05, 0) is 30.4 Å². The lowest BCUT2D eigenvalue weighted by Gasteiger charge is -2.03. The lowest BCUT2D eigenvalue weighted by molar-refractivity contribution is 0.625. The molecule has 1 aromatic carbocycles. The van der Waals surface area contributed by atoms with Crippen LogP contribution in [0.25, 0.3) is 0 Å². The van der Waals surface area contributed by atoms with E-state index in [1.54, 1.807) is 17.8 Å². The molecule has 1 rings (SSSR count). The Morgan fingerprint density at radius 2 is 2.00 bits per heavy atom. The first kappa shape index (κ1) is 12.4. The number of nitrogens with two attached hydrogens (primary N) is 1. The van der Waals surface area contributed by atoms with Gasteiger partial charge in [0, 0.05) is 10.6 Å². The molecule has 0 aliphatic rings. The van der Waals surface area contributed by atoms with Crippen LogP contribution in [-0.4, -0.2) is 5.75 Å². The second-order valence-corrected chi connectivity index (χ2v) is 4.80. The third kappa shape index (κ3) is 5.07. The van der Waals surface area contributed by atoms with Crippen molar-refractivity contribution in [2.75, 3.05) is 11.5 Å². The molecule has 1 nitrogen and oxygen atoms in total. The van der Waals surface area contributed by atoms with E-state index in [0.717, 1.165) is 10.6 Å². The first-order valence-corrected chi connectivity index (χ1v) is 6.40. The van der Waals surface area contributed by atoms with E-state index < -0.39 is 0 Å². The summed E-state index contributed by atoms with van der Waals surface area (Å²) in [5, 5.41) is 0. The van der Waals surface area contributed by atoms with Crippen molar-refractivity contribution >= 4 is 17.4 Å². The van der Waals surface area contributed by atoms with Crippen molar-refractivity contribution < 1.29 is 4.39 Å². The largest absolute Gasteiger partial charge is 0.399 e. The number of hydrogen-bond donors (Lipinski definition) is 1. The van der Waals surface area contributed by atoms with Crippen molar-refractivity contribution in [1.29, 1.82) is 0 Å². The average Bonchev–Trinajstić information content (AvgIpc) is 2.16. The molecular formula is C12H18FNS. The molecule has 0 heterocycles. The Bertz CT molecular complexity index is 281. The average molecular weight is 227 g/mol. The topological polar surface area (TPSA) is 26.0 Å².